The highest BCUT2D eigenvalue weighted by molar-refractivity contribution is 5.99. The number of carbonyl (C=O) groups excluding carboxylic acids is 2. The van der Waals surface area contributed by atoms with E-state index >= 15 is 0 Å². The highest BCUT2D eigenvalue weighted by Crippen LogP contribution is 2.14. The topological polar surface area (TPSA) is 131 Å². The zero-order valence-electron chi connectivity index (χ0n) is 15.7. The van der Waals surface area contributed by atoms with E-state index in [2.05, 4.69) is 19.9 Å². The Morgan fingerprint density at radius 3 is 2.55 bits per heavy atom. The first-order valence-electron chi connectivity index (χ1n) is 9.07. The SMILES string of the molecule is O=C(CN(CCN1CCOCC1)C(=O)c1ccc([N+](=O)[O-])cc1)Nc1ccon1. The molecular weight excluding hydrogens is 382 g/mol. The molecule has 1 aromatic carbocycles. The molecule has 0 saturated carbocycles. The number of non-ortho nitro benzene ring substituents is 1. The van der Waals surface area contributed by atoms with Gasteiger partial charge in [-0.3, -0.25) is 24.6 Å². The highest BCUT2D eigenvalue weighted by atomic mass is 16.6. The Balaban J connectivity index is 1.68. The molecule has 1 N–H and O–H groups in total. The van der Waals surface area contributed by atoms with Gasteiger partial charge in [0.05, 0.1) is 18.1 Å². The molecule has 1 fully saturated rings. The van der Waals surface area contributed by atoms with Gasteiger partial charge in [-0.2, -0.15) is 0 Å². The minimum Gasteiger partial charge on any atom is -0.379 e. The molecule has 1 aliphatic rings. The van der Waals surface area contributed by atoms with Crippen molar-refractivity contribution in [2.24, 2.45) is 0 Å². The monoisotopic (exact) mass is 403 g/mol. The van der Waals surface area contributed by atoms with Gasteiger partial charge in [-0.25, -0.2) is 0 Å². The zero-order chi connectivity index (χ0) is 20.6. The van der Waals surface area contributed by atoms with Crippen LogP contribution in [0.4, 0.5) is 11.5 Å². The number of nitrogens with one attached hydrogen (secondary N) is 1. The van der Waals surface area contributed by atoms with Gasteiger partial charge in [-0.15, -0.1) is 0 Å². The van der Waals surface area contributed by atoms with Crippen molar-refractivity contribution in [3.8, 4) is 0 Å². The number of carbonyl (C=O) groups is 2. The first-order valence-corrected chi connectivity index (χ1v) is 9.07. The van der Waals surface area contributed by atoms with Gasteiger partial charge >= 0.3 is 0 Å². The Kier molecular flexibility index (Phi) is 6.87. The van der Waals surface area contributed by atoms with Crippen molar-refractivity contribution >= 4 is 23.3 Å². The summed E-state index contributed by atoms with van der Waals surface area (Å²) in [4.78, 5) is 39.1. The molecule has 0 bridgehead atoms. The number of ether oxygens (including phenoxy) is 1. The Hall–Kier alpha value is -3.31. The lowest BCUT2D eigenvalue weighted by atomic mass is 10.1. The third kappa shape index (κ3) is 5.83. The number of amides is 2. The van der Waals surface area contributed by atoms with Gasteiger partial charge in [-0.05, 0) is 12.1 Å². The van der Waals surface area contributed by atoms with Crippen LogP contribution in [0, 0.1) is 10.1 Å². The fourth-order valence-corrected chi connectivity index (χ4v) is 2.88. The van der Waals surface area contributed by atoms with Crippen LogP contribution < -0.4 is 5.32 Å². The predicted octanol–water partition coefficient (Wildman–Crippen LogP) is 0.996. The van der Waals surface area contributed by atoms with Crippen molar-refractivity contribution in [2.45, 2.75) is 0 Å². The van der Waals surface area contributed by atoms with Gasteiger partial charge in [0.1, 0.15) is 12.8 Å². The number of hydrogen-bond donors (Lipinski definition) is 1. The van der Waals surface area contributed by atoms with Crippen LogP contribution in [0.15, 0.2) is 41.1 Å². The van der Waals surface area contributed by atoms with E-state index in [4.69, 9.17) is 4.74 Å². The second-order valence-electron chi connectivity index (χ2n) is 6.42. The molecular formula is C18H21N5O6. The first kappa shape index (κ1) is 20.4. The maximum absolute atomic E-state index is 12.9. The molecule has 0 spiro atoms. The molecule has 2 heterocycles. The summed E-state index contributed by atoms with van der Waals surface area (Å²) in [5.74, 6) is -0.550. The van der Waals surface area contributed by atoms with E-state index in [1.54, 1.807) is 0 Å². The lowest BCUT2D eigenvalue weighted by Crippen LogP contribution is -2.45. The number of nitro groups is 1. The lowest BCUT2D eigenvalue weighted by Gasteiger charge is -2.30. The second-order valence-corrected chi connectivity index (χ2v) is 6.42. The summed E-state index contributed by atoms with van der Waals surface area (Å²) in [6.07, 6.45) is 1.33. The fraction of sp³-hybridized carbons (Fsp3) is 0.389. The van der Waals surface area contributed by atoms with Crippen LogP contribution in [0.3, 0.4) is 0 Å². The zero-order valence-corrected chi connectivity index (χ0v) is 15.7. The van der Waals surface area contributed by atoms with Crippen molar-refractivity contribution in [2.75, 3.05) is 51.3 Å². The van der Waals surface area contributed by atoms with Crippen LogP contribution in [0.1, 0.15) is 10.4 Å². The Morgan fingerprint density at radius 2 is 1.93 bits per heavy atom. The molecule has 2 amide bonds. The van der Waals surface area contributed by atoms with Crippen LogP contribution in [0.2, 0.25) is 0 Å². The van der Waals surface area contributed by atoms with E-state index in [1.165, 1.54) is 41.5 Å². The number of benzene rings is 1. The number of morpholine rings is 1. The number of aromatic nitrogens is 1. The van der Waals surface area contributed by atoms with Gasteiger partial charge in [0, 0.05) is 49.9 Å². The Bertz CT molecular complexity index is 833. The molecule has 1 saturated heterocycles. The summed E-state index contributed by atoms with van der Waals surface area (Å²) >= 11 is 0. The molecule has 0 atom stereocenters. The van der Waals surface area contributed by atoms with Gasteiger partial charge in [-0.1, -0.05) is 5.16 Å². The lowest BCUT2D eigenvalue weighted by molar-refractivity contribution is -0.384. The normalized spacial score (nSPS) is 14.3. The van der Waals surface area contributed by atoms with Crippen molar-refractivity contribution < 1.29 is 23.8 Å². The van der Waals surface area contributed by atoms with Gasteiger partial charge < -0.3 is 19.5 Å². The van der Waals surface area contributed by atoms with E-state index < -0.39 is 10.8 Å². The summed E-state index contributed by atoms with van der Waals surface area (Å²) in [6.45, 7) is 3.48. The molecule has 0 unspecified atom stereocenters. The molecule has 3 rings (SSSR count). The number of anilines is 1. The average molecular weight is 403 g/mol. The maximum atomic E-state index is 12.9. The standard InChI is InChI=1S/C18H21N5O6/c24-17(19-16-5-10-29-20-16)13-22(7-6-21-8-11-28-12-9-21)18(25)14-1-3-15(4-2-14)23(26)27/h1-5,10H,6-9,11-13H2,(H,19,20,24). The van der Waals surface area contributed by atoms with Crippen LogP contribution in [0.5, 0.6) is 0 Å². The summed E-state index contributed by atoms with van der Waals surface area (Å²) in [6, 6.07) is 6.80. The Labute approximate surface area is 166 Å². The third-order valence-electron chi connectivity index (χ3n) is 4.44. The smallest absolute Gasteiger partial charge is 0.269 e. The summed E-state index contributed by atoms with van der Waals surface area (Å²) in [5.41, 5.74) is 0.164. The number of nitro benzene ring substituents is 1. The number of hydrogen-bond acceptors (Lipinski definition) is 8. The van der Waals surface area contributed by atoms with E-state index in [-0.39, 0.29) is 29.5 Å². The predicted molar refractivity (Wildman–Crippen MR) is 101 cm³/mol. The minimum absolute atomic E-state index is 0.106. The average Bonchev–Trinajstić information content (AvgIpc) is 3.24. The van der Waals surface area contributed by atoms with Crippen LogP contribution in [-0.4, -0.2) is 77.6 Å². The summed E-state index contributed by atoms with van der Waals surface area (Å²) in [5, 5.41) is 17.0. The molecule has 11 heteroatoms. The molecule has 2 aromatic rings. The molecule has 0 aliphatic carbocycles. The fourth-order valence-electron chi connectivity index (χ4n) is 2.88. The van der Waals surface area contributed by atoms with E-state index in [0.29, 0.717) is 26.3 Å². The van der Waals surface area contributed by atoms with Crippen LogP contribution in [-0.2, 0) is 9.53 Å². The Morgan fingerprint density at radius 1 is 1.21 bits per heavy atom. The van der Waals surface area contributed by atoms with Crippen molar-refractivity contribution in [3.63, 3.8) is 0 Å². The first-order chi connectivity index (χ1) is 14.0. The molecule has 154 valence electrons. The molecule has 1 aromatic heterocycles. The third-order valence-corrected chi connectivity index (χ3v) is 4.44. The van der Waals surface area contributed by atoms with Crippen molar-refractivity contribution in [1.29, 1.82) is 0 Å². The molecule has 0 radical (unpaired) electrons. The van der Waals surface area contributed by atoms with Crippen LogP contribution in [0.25, 0.3) is 0 Å². The minimum atomic E-state index is -0.532. The van der Waals surface area contributed by atoms with E-state index in [1.807, 2.05) is 0 Å². The number of rotatable bonds is 8. The maximum Gasteiger partial charge on any atom is 0.269 e. The molecule has 11 nitrogen and oxygen atoms in total. The van der Waals surface area contributed by atoms with E-state index in [9.17, 15) is 19.7 Å². The molecule has 1 aliphatic heterocycles. The van der Waals surface area contributed by atoms with Crippen molar-refractivity contribution in [1.82, 2.24) is 15.0 Å². The highest BCUT2D eigenvalue weighted by Gasteiger charge is 2.22. The van der Waals surface area contributed by atoms with Gasteiger partial charge in [0.2, 0.25) is 5.91 Å². The summed E-state index contributed by atoms with van der Waals surface area (Å²) < 4.78 is 10.00. The van der Waals surface area contributed by atoms with E-state index in [0.717, 1.165) is 13.1 Å². The second kappa shape index (κ2) is 9.75. The van der Waals surface area contributed by atoms with Gasteiger partial charge in [0.25, 0.3) is 11.6 Å². The van der Waals surface area contributed by atoms with Crippen LogP contribution >= 0.6 is 0 Å². The van der Waals surface area contributed by atoms with Crippen molar-refractivity contribution in [3.05, 3.63) is 52.3 Å². The summed E-state index contributed by atoms with van der Waals surface area (Å²) in [7, 11) is 0. The quantitative estimate of drug-likeness (QED) is 0.510. The molecule has 29 heavy (non-hydrogen) atoms. The van der Waals surface area contributed by atoms with Gasteiger partial charge in [0.15, 0.2) is 5.82 Å². The number of nitrogens with zero attached hydrogens (tertiary/aromatic N) is 4. The largest absolute Gasteiger partial charge is 0.379 e.